The third kappa shape index (κ3) is 4.62. The van der Waals surface area contributed by atoms with Gasteiger partial charge in [0.1, 0.15) is 0 Å². The number of carbonyl (C=O) groups excluding carboxylic acids is 1. The Morgan fingerprint density at radius 1 is 1.13 bits per heavy atom. The molecule has 1 heterocycles. The molecule has 1 aliphatic rings. The molecule has 0 aromatic rings. The molecule has 15 heavy (non-hydrogen) atoms. The lowest BCUT2D eigenvalue weighted by Gasteiger charge is -2.46. The number of rotatable bonds is 0. The summed E-state index contributed by atoms with van der Waals surface area (Å²) in [7, 11) is 0. The first-order valence-electron chi connectivity index (χ1n) is 5.25. The molecule has 0 saturated carbocycles. The molecule has 0 atom stereocenters. The molecule has 1 radical (unpaired) electrons. The summed E-state index contributed by atoms with van der Waals surface area (Å²) >= 11 is 0. The quantitative estimate of drug-likeness (QED) is 0.608. The van der Waals surface area contributed by atoms with Crippen LogP contribution in [-0.4, -0.2) is 22.1 Å². The van der Waals surface area contributed by atoms with Crippen molar-refractivity contribution in [3.05, 3.63) is 0 Å². The Labute approximate surface area is 91.9 Å². The molecule has 0 bridgehead atoms. The van der Waals surface area contributed by atoms with E-state index in [0.717, 1.165) is 19.8 Å². The van der Waals surface area contributed by atoms with Crippen LogP contribution in [0.4, 0.5) is 0 Å². The standard InChI is InChI=1S/C9H18NO.C2H4O2/c1-8(2)6-5-7-9(3,4)10(8)11;1-2(3)4/h5-7H2,1-4H3;1H3,(H,3,4)/p-1. The number of aliphatic carboxylic acids is 1. The molecule has 0 N–H and O–H groups in total. The first-order valence-corrected chi connectivity index (χ1v) is 5.25. The first kappa shape index (κ1) is 14.4. The van der Waals surface area contributed by atoms with Crippen LogP contribution >= 0.6 is 0 Å². The first-order chi connectivity index (χ1) is 6.59. The van der Waals surface area contributed by atoms with Crippen LogP contribution in [-0.2, 0) is 10.0 Å². The van der Waals surface area contributed by atoms with E-state index < -0.39 is 5.97 Å². The average Bonchev–Trinajstić information content (AvgIpc) is 1.98. The van der Waals surface area contributed by atoms with Gasteiger partial charge in [0.2, 0.25) is 0 Å². The van der Waals surface area contributed by atoms with E-state index in [1.165, 1.54) is 11.5 Å². The van der Waals surface area contributed by atoms with Gasteiger partial charge < -0.3 is 9.90 Å². The van der Waals surface area contributed by atoms with Crippen LogP contribution < -0.4 is 5.11 Å². The summed E-state index contributed by atoms with van der Waals surface area (Å²) in [5.74, 6) is -1.08. The molecule has 1 fully saturated rings. The topological polar surface area (TPSA) is 63.3 Å². The zero-order valence-corrected chi connectivity index (χ0v) is 10.3. The summed E-state index contributed by atoms with van der Waals surface area (Å²) in [5, 5.41) is 21.8. The fourth-order valence-corrected chi connectivity index (χ4v) is 1.98. The minimum absolute atomic E-state index is 0.151. The average molecular weight is 215 g/mol. The van der Waals surface area contributed by atoms with Crippen LogP contribution in [0, 0.1) is 0 Å². The minimum atomic E-state index is -1.08. The molecule has 0 aromatic carbocycles. The Kier molecular flexibility index (Phi) is 4.74. The molecule has 4 heteroatoms. The number of carbonyl (C=O) groups is 1. The number of carboxylic acids is 1. The summed E-state index contributed by atoms with van der Waals surface area (Å²) in [4.78, 5) is 8.89. The van der Waals surface area contributed by atoms with Crippen molar-refractivity contribution < 1.29 is 15.1 Å². The van der Waals surface area contributed by atoms with Crippen LogP contribution in [0.5, 0.6) is 0 Å². The van der Waals surface area contributed by atoms with Crippen molar-refractivity contribution in [2.75, 3.05) is 0 Å². The highest BCUT2D eigenvalue weighted by Crippen LogP contribution is 2.36. The Balaban J connectivity index is 0.000000423. The van der Waals surface area contributed by atoms with Crippen molar-refractivity contribution in [2.24, 2.45) is 0 Å². The third-order valence-electron chi connectivity index (χ3n) is 2.68. The second-order valence-electron chi connectivity index (χ2n) is 5.26. The normalized spacial score (nSPS) is 23.9. The summed E-state index contributed by atoms with van der Waals surface area (Å²) < 4.78 is 0. The maximum Gasteiger partial charge on any atom is 0.0443 e. The highest BCUT2D eigenvalue weighted by molar-refractivity contribution is 5.60. The number of piperidine rings is 1. The van der Waals surface area contributed by atoms with Gasteiger partial charge in [-0.15, -0.1) is 10.3 Å². The van der Waals surface area contributed by atoms with Crippen molar-refractivity contribution in [3.8, 4) is 0 Å². The lowest BCUT2D eigenvalue weighted by molar-refractivity contribution is -0.302. The zero-order chi connectivity index (χ0) is 12.3. The van der Waals surface area contributed by atoms with Crippen LogP contribution in [0.25, 0.3) is 0 Å². The van der Waals surface area contributed by atoms with E-state index in [1.54, 1.807) is 0 Å². The van der Waals surface area contributed by atoms with E-state index in [1.807, 2.05) is 27.7 Å². The van der Waals surface area contributed by atoms with E-state index in [4.69, 9.17) is 9.90 Å². The van der Waals surface area contributed by atoms with Crippen LogP contribution in [0.1, 0.15) is 53.9 Å². The van der Waals surface area contributed by atoms with Crippen molar-refractivity contribution in [2.45, 2.75) is 65.0 Å². The maximum absolute atomic E-state index is 11.7. The molecule has 0 spiro atoms. The number of hydrogen-bond donors (Lipinski definition) is 0. The lowest BCUT2D eigenvalue weighted by Crippen LogP contribution is -2.55. The van der Waals surface area contributed by atoms with E-state index in [2.05, 4.69) is 0 Å². The Bertz CT molecular complexity index is 204. The van der Waals surface area contributed by atoms with E-state index in [0.29, 0.717) is 0 Å². The van der Waals surface area contributed by atoms with Gasteiger partial charge >= 0.3 is 0 Å². The monoisotopic (exact) mass is 215 g/mol. The largest absolute Gasteiger partial charge is 0.550 e. The molecule has 1 saturated heterocycles. The third-order valence-corrected chi connectivity index (χ3v) is 2.68. The fraction of sp³-hybridized carbons (Fsp3) is 0.909. The van der Waals surface area contributed by atoms with E-state index in [-0.39, 0.29) is 11.1 Å². The predicted octanol–water partition coefficient (Wildman–Crippen LogP) is 1.13. The van der Waals surface area contributed by atoms with Gasteiger partial charge in [0.15, 0.2) is 0 Å². The summed E-state index contributed by atoms with van der Waals surface area (Å²) in [6.07, 6.45) is 3.23. The smallest absolute Gasteiger partial charge is 0.0443 e. The number of hydroxylamine groups is 2. The zero-order valence-electron chi connectivity index (χ0n) is 10.3. The van der Waals surface area contributed by atoms with Gasteiger partial charge in [-0.1, -0.05) is 0 Å². The molecule has 1 rings (SSSR count). The van der Waals surface area contributed by atoms with Gasteiger partial charge in [-0.3, -0.25) is 0 Å². The van der Waals surface area contributed by atoms with Gasteiger partial charge in [-0.05, 0) is 53.9 Å². The Morgan fingerprint density at radius 3 is 1.60 bits per heavy atom. The molecule has 1 aliphatic heterocycles. The van der Waals surface area contributed by atoms with Gasteiger partial charge in [0.25, 0.3) is 0 Å². The molecular formula is C11H21NO3-. The second kappa shape index (κ2) is 4.94. The van der Waals surface area contributed by atoms with Gasteiger partial charge in [-0.2, -0.15) is 0 Å². The molecule has 0 amide bonds. The van der Waals surface area contributed by atoms with Crippen molar-refractivity contribution in [1.82, 2.24) is 5.06 Å². The molecular weight excluding hydrogens is 194 g/mol. The lowest BCUT2D eigenvalue weighted by atomic mass is 9.82. The second-order valence-corrected chi connectivity index (χ2v) is 5.26. The summed E-state index contributed by atoms with van der Waals surface area (Å²) in [6, 6.07) is 0. The maximum atomic E-state index is 11.7. The highest BCUT2D eigenvalue weighted by Gasteiger charge is 2.41. The van der Waals surface area contributed by atoms with Crippen LogP contribution in [0.3, 0.4) is 0 Å². The SMILES string of the molecule is CC(=O)[O-].CC1(C)CCCC(C)(C)N1[O]. The molecule has 0 aromatic heterocycles. The van der Waals surface area contributed by atoms with Gasteiger partial charge in [0.05, 0.1) is 0 Å². The minimum Gasteiger partial charge on any atom is -0.550 e. The van der Waals surface area contributed by atoms with Gasteiger partial charge in [0, 0.05) is 17.0 Å². The van der Waals surface area contributed by atoms with Crippen molar-refractivity contribution >= 4 is 5.97 Å². The predicted molar refractivity (Wildman–Crippen MR) is 55.2 cm³/mol. The summed E-state index contributed by atoms with van der Waals surface area (Å²) in [6.45, 7) is 9.09. The molecule has 0 unspecified atom stereocenters. The van der Waals surface area contributed by atoms with E-state index >= 15 is 0 Å². The molecule has 89 valence electrons. The number of carboxylic acid groups (broad SMARTS) is 1. The van der Waals surface area contributed by atoms with Crippen LogP contribution in [0.2, 0.25) is 0 Å². The van der Waals surface area contributed by atoms with Gasteiger partial charge in [-0.25, -0.2) is 0 Å². The van der Waals surface area contributed by atoms with Crippen molar-refractivity contribution in [3.63, 3.8) is 0 Å². The van der Waals surface area contributed by atoms with Crippen molar-refractivity contribution in [1.29, 1.82) is 0 Å². The number of hydrogen-bond acceptors (Lipinski definition) is 3. The Hall–Kier alpha value is -0.610. The van der Waals surface area contributed by atoms with Crippen LogP contribution in [0.15, 0.2) is 0 Å². The highest BCUT2D eigenvalue weighted by atomic mass is 16.5. The number of nitrogens with zero attached hydrogens (tertiary/aromatic N) is 1. The molecule has 4 nitrogen and oxygen atoms in total. The summed E-state index contributed by atoms with van der Waals surface area (Å²) in [5.41, 5.74) is -0.302. The molecule has 0 aliphatic carbocycles. The Morgan fingerprint density at radius 2 is 1.40 bits per heavy atom. The van der Waals surface area contributed by atoms with E-state index in [9.17, 15) is 5.21 Å². The fourth-order valence-electron chi connectivity index (χ4n) is 1.98.